The largest absolute Gasteiger partial charge is 0.457 e. The summed E-state index contributed by atoms with van der Waals surface area (Å²) in [5.41, 5.74) is 17.6. The van der Waals surface area contributed by atoms with E-state index in [-0.39, 0.29) is 0 Å². The molecule has 0 atom stereocenters. The molecule has 1 aliphatic carbocycles. The molecule has 73 heavy (non-hydrogen) atoms. The molecule has 9 aromatic carbocycles. The van der Waals surface area contributed by atoms with Gasteiger partial charge in [0.15, 0.2) is 0 Å². The molecule has 0 bridgehead atoms. The van der Waals surface area contributed by atoms with Gasteiger partial charge in [0.05, 0.1) is 72.9 Å². The molecule has 6 heterocycles. The van der Waals surface area contributed by atoms with Gasteiger partial charge >= 0.3 is 0 Å². The van der Waals surface area contributed by atoms with E-state index in [9.17, 15) is 5.26 Å². The number of aromatic nitrogens is 5. The van der Waals surface area contributed by atoms with E-state index >= 15 is 0 Å². The van der Waals surface area contributed by atoms with Crippen molar-refractivity contribution >= 4 is 65.4 Å². The normalized spacial score (nSPS) is 13.1. The van der Waals surface area contributed by atoms with Gasteiger partial charge in [-0.25, -0.2) is 0 Å². The SMILES string of the molecule is N#Cc1ccc2c(c1)c1cc(-c3ccc4c(c3)Oc3cc(-n5c6ccccc6c6ccccc65)ccc3C43c4cccnc4-c4ncccc43)ccc1n2-c1ccccc1-n1c2ccccc2c2ccccc21. The highest BCUT2D eigenvalue weighted by molar-refractivity contribution is 6.13. The summed E-state index contributed by atoms with van der Waals surface area (Å²) >= 11 is 0. The topological polar surface area (TPSA) is 73.6 Å². The van der Waals surface area contributed by atoms with Crippen molar-refractivity contribution in [2.45, 2.75) is 5.41 Å². The van der Waals surface area contributed by atoms with Crippen LogP contribution in [0.1, 0.15) is 27.8 Å². The molecule has 5 aromatic heterocycles. The molecule has 0 saturated heterocycles. The lowest BCUT2D eigenvalue weighted by Gasteiger charge is -2.39. The van der Waals surface area contributed by atoms with E-state index in [1.54, 1.807) is 0 Å². The van der Waals surface area contributed by atoms with Gasteiger partial charge in [0.1, 0.15) is 11.5 Å². The molecule has 0 radical (unpaired) electrons. The predicted octanol–water partition coefficient (Wildman–Crippen LogP) is 15.8. The van der Waals surface area contributed by atoms with Crippen LogP contribution < -0.4 is 4.74 Å². The summed E-state index contributed by atoms with van der Waals surface area (Å²) in [4.78, 5) is 9.99. The molecule has 0 amide bonds. The molecule has 2 aliphatic rings. The van der Waals surface area contributed by atoms with Gasteiger partial charge in [0.25, 0.3) is 0 Å². The van der Waals surface area contributed by atoms with Crippen molar-refractivity contribution in [3.05, 3.63) is 259 Å². The summed E-state index contributed by atoms with van der Waals surface area (Å²) in [6.45, 7) is 0. The van der Waals surface area contributed by atoms with Gasteiger partial charge in [-0.05, 0) is 113 Å². The van der Waals surface area contributed by atoms with Crippen molar-refractivity contribution in [1.29, 1.82) is 5.26 Å². The summed E-state index contributed by atoms with van der Waals surface area (Å²) in [6.07, 6.45) is 3.73. The number of para-hydroxylation sites is 6. The highest BCUT2D eigenvalue weighted by Gasteiger charge is 2.52. The first-order valence-electron chi connectivity index (χ1n) is 24.6. The first kappa shape index (κ1) is 39.8. The minimum atomic E-state index is -0.747. The number of hydrogen-bond donors (Lipinski definition) is 0. The van der Waals surface area contributed by atoms with Gasteiger partial charge in [-0.2, -0.15) is 5.26 Å². The van der Waals surface area contributed by atoms with Crippen LogP contribution in [0.2, 0.25) is 0 Å². The summed E-state index contributed by atoms with van der Waals surface area (Å²) in [6, 6.07) is 80.2. The van der Waals surface area contributed by atoms with E-state index < -0.39 is 5.41 Å². The zero-order valence-electron chi connectivity index (χ0n) is 39.0. The van der Waals surface area contributed by atoms with Crippen molar-refractivity contribution in [2.24, 2.45) is 0 Å². The highest BCUT2D eigenvalue weighted by atomic mass is 16.5. The molecule has 7 heteroatoms. The zero-order chi connectivity index (χ0) is 47.9. The van der Waals surface area contributed by atoms with Crippen molar-refractivity contribution in [1.82, 2.24) is 23.7 Å². The average Bonchev–Trinajstić information content (AvgIpc) is 4.17. The minimum absolute atomic E-state index is 0.611. The fourth-order valence-corrected chi connectivity index (χ4v) is 12.7. The van der Waals surface area contributed by atoms with E-state index in [2.05, 4.69) is 214 Å². The van der Waals surface area contributed by atoms with Crippen molar-refractivity contribution < 1.29 is 4.74 Å². The number of benzene rings is 9. The summed E-state index contributed by atoms with van der Waals surface area (Å²) < 4.78 is 14.4. The lowest BCUT2D eigenvalue weighted by Crippen LogP contribution is -2.32. The minimum Gasteiger partial charge on any atom is -0.457 e. The second-order valence-electron chi connectivity index (χ2n) is 19.2. The summed E-state index contributed by atoms with van der Waals surface area (Å²) in [5.74, 6) is 1.55. The molecule has 338 valence electrons. The number of nitriles is 1. The standard InChI is InChI=1S/C66H38N6O/c67-39-40-25-31-58-48(35-40)49-36-41(27-32-59(49)72(58)61-24-10-9-23-60(61)71-56-21-7-3-15-46(56)47-16-4-8-22-57(47)71)42-26-29-50-62(37-42)73-63-38-43(70-54-19-5-1-13-44(54)45-14-2-6-20-55(45)70)28-30-51(63)66(50)52-17-11-33-68-64(52)65-53(66)18-12-34-69-65/h1-38H. The van der Waals surface area contributed by atoms with E-state index in [0.29, 0.717) is 5.56 Å². The quantitative estimate of drug-likeness (QED) is 0.176. The maximum atomic E-state index is 10.3. The number of pyridine rings is 2. The van der Waals surface area contributed by atoms with Crippen LogP contribution >= 0.6 is 0 Å². The molecular formula is C66H38N6O. The third-order valence-electron chi connectivity index (χ3n) is 15.6. The first-order chi connectivity index (χ1) is 36.2. The second kappa shape index (κ2) is 14.8. The molecule has 7 nitrogen and oxygen atoms in total. The zero-order valence-corrected chi connectivity index (χ0v) is 39.0. The lowest BCUT2D eigenvalue weighted by molar-refractivity contribution is 0.436. The smallest absolute Gasteiger partial charge is 0.134 e. The van der Waals surface area contributed by atoms with Crippen LogP contribution in [-0.4, -0.2) is 23.7 Å². The van der Waals surface area contributed by atoms with Crippen LogP contribution in [0, 0.1) is 11.3 Å². The molecule has 0 saturated carbocycles. The molecule has 16 rings (SSSR count). The van der Waals surface area contributed by atoms with Crippen molar-refractivity contribution in [3.8, 4) is 57.1 Å². The fourth-order valence-electron chi connectivity index (χ4n) is 12.7. The average molecular weight is 931 g/mol. The Hall–Kier alpha value is -10.0. The molecule has 14 aromatic rings. The van der Waals surface area contributed by atoms with Gasteiger partial charge in [0.2, 0.25) is 0 Å². The lowest BCUT2D eigenvalue weighted by atomic mass is 9.66. The van der Waals surface area contributed by atoms with Crippen LogP contribution in [-0.2, 0) is 5.41 Å². The molecule has 0 unspecified atom stereocenters. The van der Waals surface area contributed by atoms with Gasteiger partial charge in [0, 0.05) is 67.6 Å². The summed E-state index contributed by atoms with van der Waals surface area (Å²) in [7, 11) is 0. The Morgan fingerprint density at radius 3 is 1.40 bits per heavy atom. The first-order valence-corrected chi connectivity index (χ1v) is 24.6. The molecule has 0 fully saturated rings. The number of hydrogen-bond acceptors (Lipinski definition) is 4. The van der Waals surface area contributed by atoms with Crippen molar-refractivity contribution in [2.75, 3.05) is 0 Å². The molecule has 0 N–H and O–H groups in total. The van der Waals surface area contributed by atoms with E-state index in [0.717, 1.165) is 117 Å². The third-order valence-corrected chi connectivity index (χ3v) is 15.6. The maximum Gasteiger partial charge on any atom is 0.134 e. The van der Waals surface area contributed by atoms with Gasteiger partial charge in [-0.3, -0.25) is 9.97 Å². The Bertz CT molecular complexity index is 4600. The molecule has 1 aliphatic heterocycles. The third kappa shape index (κ3) is 5.30. The Labute approximate surface area is 418 Å². The van der Waals surface area contributed by atoms with Crippen LogP contribution in [0.25, 0.3) is 105 Å². The second-order valence-corrected chi connectivity index (χ2v) is 19.2. The van der Waals surface area contributed by atoms with E-state index in [4.69, 9.17) is 14.7 Å². The van der Waals surface area contributed by atoms with Crippen LogP contribution in [0.4, 0.5) is 0 Å². The molecule has 1 spiro atoms. The number of nitrogens with zero attached hydrogens (tertiary/aromatic N) is 6. The van der Waals surface area contributed by atoms with Crippen molar-refractivity contribution in [3.63, 3.8) is 0 Å². The Kier molecular flexibility index (Phi) is 8.04. The van der Waals surface area contributed by atoms with Gasteiger partial charge in [-0.1, -0.05) is 121 Å². The number of rotatable bonds is 4. The molecular weight excluding hydrogens is 893 g/mol. The van der Waals surface area contributed by atoms with Crippen LogP contribution in [0.5, 0.6) is 11.5 Å². The van der Waals surface area contributed by atoms with Gasteiger partial charge in [-0.15, -0.1) is 0 Å². The number of fused-ring (bicyclic) bond motifs is 18. The fraction of sp³-hybridized carbons (Fsp3) is 0.0152. The summed E-state index contributed by atoms with van der Waals surface area (Å²) in [5, 5.41) is 17.1. The number of ether oxygens (including phenoxy) is 1. The Morgan fingerprint density at radius 2 is 0.822 bits per heavy atom. The van der Waals surface area contributed by atoms with Crippen LogP contribution in [0.15, 0.2) is 231 Å². The highest BCUT2D eigenvalue weighted by Crippen LogP contribution is 2.62. The van der Waals surface area contributed by atoms with Crippen LogP contribution in [0.3, 0.4) is 0 Å². The van der Waals surface area contributed by atoms with E-state index in [1.807, 2.05) is 36.7 Å². The maximum absolute atomic E-state index is 10.3. The predicted molar refractivity (Wildman–Crippen MR) is 293 cm³/mol. The monoisotopic (exact) mass is 930 g/mol. The Balaban J connectivity index is 0.905. The van der Waals surface area contributed by atoms with E-state index in [1.165, 1.54) is 21.5 Å². The Morgan fingerprint density at radius 1 is 0.370 bits per heavy atom. The van der Waals surface area contributed by atoms with Gasteiger partial charge < -0.3 is 18.4 Å².